The van der Waals surface area contributed by atoms with Crippen LogP contribution in [0, 0.1) is 0 Å². The Kier molecular flexibility index (Phi) is 3.97. The standard InChI is InChI=1S/C11H9BrClNOS/c12-9-3-7(1-2-10(9)13)11(15)4-8-5-14-6-16-8/h1-3,5-6,11,15H,4H2. The van der Waals surface area contributed by atoms with Gasteiger partial charge in [-0.25, -0.2) is 0 Å². The zero-order valence-corrected chi connectivity index (χ0v) is 11.4. The normalized spacial score (nSPS) is 12.7. The summed E-state index contributed by atoms with van der Waals surface area (Å²) in [5.74, 6) is 0. The van der Waals surface area contributed by atoms with Crippen LogP contribution in [0.2, 0.25) is 5.02 Å². The van der Waals surface area contributed by atoms with Crippen molar-refractivity contribution in [2.45, 2.75) is 12.5 Å². The first-order valence-corrected chi connectivity index (χ1v) is 6.72. The van der Waals surface area contributed by atoms with Gasteiger partial charge in [-0.05, 0) is 33.6 Å². The summed E-state index contributed by atoms with van der Waals surface area (Å²) in [5.41, 5.74) is 2.62. The van der Waals surface area contributed by atoms with E-state index in [4.69, 9.17) is 11.6 Å². The zero-order chi connectivity index (χ0) is 11.5. The van der Waals surface area contributed by atoms with Crippen molar-refractivity contribution in [3.8, 4) is 0 Å². The minimum absolute atomic E-state index is 0.519. The Hall–Kier alpha value is -0.420. The second-order valence-corrected chi connectivity index (χ2v) is 5.59. The van der Waals surface area contributed by atoms with E-state index < -0.39 is 6.10 Å². The number of halogens is 2. The van der Waals surface area contributed by atoms with Gasteiger partial charge < -0.3 is 5.11 Å². The van der Waals surface area contributed by atoms with Crippen LogP contribution in [-0.4, -0.2) is 10.1 Å². The number of nitrogens with zero attached hydrogens (tertiary/aromatic N) is 1. The first kappa shape index (κ1) is 12.0. The van der Waals surface area contributed by atoms with Crippen LogP contribution in [-0.2, 0) is 6.42 Å². The van der Waals surface area contributed by atoms with Gasteiger partial charge >= 0.3 is 0 Å². The van der Waals surface area contributed by atoms with Gasteiger partial charge in [-0.3, -0.25) is 4.98 Å². The van der Waals surface area contributed by atoms with Crippen molar-refractivity contribution in [1.82, 2.24) is 4.98 Å². The molecule has 5 heteroatoms. The van der Waals surface area contributed by atoms with E-state index in [0.29, 0.717) is 11.4 Å². The molecule has 0 aliphatic carbocycles. The second-order valence-electron chi connectivity index (χ2n) is 3.36. The molecule has 1 unspecified atom stereocenters. The summed E-state index contributed by atoms with van der Waals surface area (Å²) >= 11 is 10.8. The van der Waals surface area contributed by atoms with E-state index in [1.165, 1.54) is 0 Å². The van der Waals surface area contributed by atoms with Gasteiger partial charge in [0.1, 0.15) is 0 Å². The molecule has 0 aliphatic rings. The van der Waals surface area contributed by atoms with Crippen molar-refractivity contribution < 1.29 is 5.11 Å². The van der Waals surface area contributed by atoms with Crippen LogP contribution in [0.3, 0.4) is 0 Å². The van der Waals surface area contributed by atoms with Crippen molar-refractivity contribution >= 4 is 38.9 Å². The second kappa shape index (κ2) is 5.27. The SMILES string of the molecule is OC(Cc1cncs1)c1ccc(Cl)c(Br)c1. The Morgan fingerprint density at radius 1 is 1.50 bits per heavy atom. The van der Waals surface area contributed by atoms with Gasteiger partial charge in [0.15, 0.2) is 0 Å². The van der Waals surface area contributed by atoms with E-state index in [-0.39, 0.29) is 0 Å². The molecule has 2 rings (SSSR count). The highest BCUT2D eigenvalue weighted by atomic mass is 79.9. The molecule has 1 atom stereocenters. The Labute approximate surface area is 111 Å². The molecule has 0 fully saturated rings. The highest BCUT2D eigenvalue weighted by Gasteiger charge is 2.11. The third-order valence-corrected chi connectivity index (χ3v) is 4.22. The molecule has 1 N–H and O–H groups in total. The fourth-order valence-electron chi connectivity index (χ4n) is 1.37. The van der Waals surface area contributed by atoms with Crippen LogP contribution < -0.4 is 0 Å². The van der Waals surface area contributed by atoms with E-state index in [9.17, 15) is 5.11 Å². The number of benzene rings is 1. The zero-order valence-electron chi connectivity index (χ0n) is 8.23. The van der Waals surface area contributed by atoms with Gasteiger partial charge in [0.05, 0.1) is 16.6 Å². The molecular formula is C11H9BrClNOS. The molecule has 84 valence electrons. The molecule has 1 aromatic carbocycles. The van der Waals surface area contributed by atoms with Crippen molar-refractivity contribution in [3.05, 3.63) is 49.8 Å². The van der Waals surface area contributed by atoms with Crippen molar-refractivity contribution in [1.29, 1.82) is 0 Å². The molecule has 0 bridgehead atoms. The van der Waals surface area contributed by atoms with E-state index in [0.717, 1.165) is 14.9 Å². The topological polar surface area (TPSA) is 33.1 Å². The minimum atomic E-state index is -0.519. The monoisotopic (exact) mass is 317 g/mol. The summed E-state index contributed by atoms with van der Waals surface area (Å²) in [4.78, 5) is 5.05. The maximum Gasteiger partial charge on any atom is 0.0839 e. The average molecular weight is 319 g/mol. The van der Waals surface area contributed by atoms with Gasteiger partial charge in [-0.15, -0.1) is 11.3 Å². The predicted octanol–water partition coefficient (Wildman–Crippen LogP) is 3.84. The van der Waals surface area contributed by atoms with Gasteiger partial charge in [-0.2, -0.15) is 0 Å². The molecule has 0 saturated heterocycles. The lowest BCUT2D eigenvalue weighted by Gasteiger charge is -2.10. The maximum absolute atomic E-state index is 10.0. The molecular weight excluding hydrogens is 310 g/mol. The molecule has 2 aromatic rings. The van der Waals surface area contributed by atoms with E-state index in [1.807, 2.05) is 12.1 Å². The molecule has 0 spiro atoms. The van der Waals surface area contributed by atoms with Crippen LogP contribution in [0.1, 0.15) is 16.5 Å². The number of hydrogen-bond acceptors (Lipinski definition) is 3. The highest BCUT2D eigenvalue weighted by Crippen LogP contribution is 2.27. The van der Waals surface area contributed by atoms with Crippen molar-refractivity contribution in [2.75, 3.05) is 0 Å². The average Bonchev–Trinajstić information content (AvgIpc) is 2.74. The first-order chi connectivity index (χ1) is 7.66. The van der Waals surface area contributed by atoms with Crippen LogP contribution in [0.5, 0.6) is 0 Å². The van der Waals surface area contributed by atoms with Gasteiger partial charge in [0.2, 0.25) is 0 Å². The van der Waals surface area contributed by atoms with Gasteiger partial charge in [-0.1, -0.05) is 17.7 Å². The maximum atomic E-state index is 10.0. The number of rotatable bonds is 3. The van der Waals surface area contributed by atoms with E-state index >= 15 is 0 Å². The first-order valence-electron chi connectivity index (χ1n) is 4.67. The highest BCUT2D eigenvalue weighted by molar-refractivity contribution is 9.10. The molecule has 0 saturated carbocycles. The summed E-state index contributed by atoms with van der Waals surface area (Å²) in [6, 6.07) is 5.45. The molecule has 1 aromatic heterocycles. The van der Waals surface area contributed by atoms with Crippen LogP contribution in [0.25, 0.3) is 0 Å². The van der Waals surface area contributed by atoms with Crippen LogP contribution >= 0.6 is 38.9 Å². The third-order valence-electron chi connectivity index (χ3n) is 2.21. The Bertz CT molecular complexity index is 475. The fourth-order valence-corrected chi connectivity index (χ4v) is 2.52. The molecule has 2 nitrogen and oxygen atoms in total. The Morgan fingerprint density at radius 2 is 2.31 bits per heavy atom. The van der Waals surface area contributed by atoms with E-state index in [1.54, 1.807) is 29.1 Å². The smallest absolute Gasteiger partial charge is 0.0839 e. The predicted molar refractivity (Wildman–Crippen MR) is 69.9 cm³/mol. The number of aromatic nitrogens is 1. The molecule has 0 amide bonds. The Balaban J connectivity index is 2.14. The summed E-state index contributed by atoms with van der Waals surface area (Å²) in [6.45, 7) is 0. The summed E-state index contributed by atoms with van der Waals surface area (Å²) in [6.07, 6.45) is 1.84. The van der Waals surface area contributed by atoms with Gasteiger partial charge in [0, 0.05) is 22.0 Å². The largest absolute Gasteiger partial charge is 0.388 e. The number of aliphatic hydroxyl groups excluding tert-OH is 1. The fraction of sp³-hybridized carbons (Fsp3) is 0.182. The Morgan fingerprint density at radius 3 is 2.94 bits per heavy atom. The van der Waals surface area contributed by atoms with Crippen molar-refractivity contribution in [3.63, 3.8) is 0 Å². The van der Waals surface area contributed by atoms with E-state index in [2.05, 4.69) is 20.9 Å². The van der Waals surface area contributed by atoms with Crippen LogP contribution in [0.4, 0.5) is 0 Å². The number of hydrogen-bond donors (Lipinski definition) is 1. The third kappa shape index (κ3) is 2.83. The number of thiazole rings is 1. The molecule has 16 heavy (non-hydrogen) atoms. The minimum Gasteiger partial charge on any atom is -0.388 e. The molecule has 1 heterocycles. The van der Waals surface area contributed by atoms with Crippen molar-refractivity contribution in [2.24, 2.45) is 0 Å². The molecule has 0 aliphatic heterocycles. The molecule has 0 radical (unpaired) electrons. The van der Waals surface area contributed by atoms with Gasteiger partial charge in [0.25, 0.3) is 0 Å². The quantitative estimate of drug-likeness (QED) is 0.933. The van der Waals surface area contributed by atoms with Crippen LogP contribution in [0.15, 0.2) is 34.4 Å². The number of aliphatic hydroxyl groups is 1. The lowest BCUT2D eigenvalue weighted by molar-refractivity contribution is 0.179. The lowest BCUT2D eigenvalue weighted by Crippen LogP contribution is -2.00. The lowest BCUT2D eigenvalue weighted by atomic mass is 10.1. The summed E-state index contributed by atoms with van der Waals surface area (Å²) < 4.78 is 0.801. The summed E-state index contributed by atoms with van der Waals surface area (Å²) in [5, 5.41) is 10.7. The summed E-state index contributed by atoms with van der Waals surface area (Å²) in [7, 11) is 0.